The van der Waals surface area contributed by atoms with E-state index in [1.165, 1.54) is 12.8 Å². The fourth-order valence-electron chi connectivity index (χ4n) is 2.02. The van der Waals surface area contributed by atoms with Crippen molar-refractivity contribution < 1.29 is 9.94 Å². The van der Waals surface area contributed by atoms with Crippen molar-refractivity contribution in [1.82, 2.24) is 5.32 Å². The molecule has 0 bridgehead atoms. The van der Waals surface area contributed by atoms with Gasteiger partial charge in [-0.2, -0.15) is 0 Å². The van der Waals surface area contributed by atoms with Crippen LogP contribution in [0.3, 0.4) is 0 Å². The quantitative estimate of drug-likeness (QED) is 0.316. The lowest BCUT2D eigenvalue weighted by atomic mass is 10.1. The minimum Gasteiger partial charge on any atom is -0.496 e. The molecular formula is C14H21N3O2. The lowest BCUT2D eigenvalue weighted by Gasteiger charge is -2.13. The Morgan fingerprint density at radius 1 is 1.53 bits per heavy atom. The molecule has 1 saturated carbocycles. The minimum absolute atomic E-state index is 0.109. The fraction of sp³-hybridized carbons (Fsp3) is 0.500. The van der Waals surface area contributed by atoms with Crippen LogP contribution in [-0.2, 0) is 6.54 Å². The molecule has 19 heavy (non-hydrogen) atoms. The number of methoxy groups -OCH3 is 1. The lowest BCUT2D eigenvalue weighted by Crippen LogP contribution is -2.22. The van der Waals surface area contributed by atoms with Crippen molar-refractivity contribution in [3.8, 4) is 5.75 Å². The van der Waals surface area contributed by atoms with Crippen LogP contribution in [0.1, 0.15) is 30.9 Å². The summed E-state index contributed by atoms with van der Waals surface area (Å²) in [5.74, 6) is 0.918. The first-order valence-electron chi connectivity index (χ1n) is 6.43. The summed E-state index contributed by atoms with van der Waals surface area (Å²) in [5, 5.41) is 15.2. The van der Waals surface area contributed by atoms with Crippen LogP contribution >= 0.6 is 0 Å². The molecule has 104 valence electrons. The van der Waals surface area contributed by atoms with Gasteiger partial charge in [-0.3, -0.25) is 0 Å². The summed E-state index contributed by atoms with van der Waals surface area (Å²) < 4.78 is 5.33. The third kappa shape index (κ3) is 3.38. The van der Waals surface area contributed by atoms with Crippen LogP contribution in [-0.4, -0.2) is 24.7 Å². The molecule has 0 radical (unpaired) electrons. The first-order chi connectivity index (χ1) is 9.08. The predicted molar refractivity (Wildman–Crippen MR) is 74.6 cm³/mol. The van der Waals surface area contributed by atoms with E-state index in [1.54, 1.807) is 13.2 Å². The summed E-state index contributed by atoms with van der Waals surface area (Å²) in [5.41, 5.74) is 7.77. The van der Waals surface area contributed by atoms with E-state index in [0.717, 1.165) is 17.9 Å². The second-order valence-corrected chi connectivity index (χ2v) is 5.43. The third-order valence-electron chi connectivity index (χ3n) is 3.65. The van der Waals surface area contributed by atoms with Crippen LogP contribution in [0.25, 0.3) is 0 Å². The molecule has 5 heteroatoms. The van der Waals surface area contributed by atoms with Gasteiger partial charge in [0.05, 0.1) is 7.11 Å². The Bertz CT molecular complexity index is 482. The Labute approximate surface area is 113 Å². The molecule has 1 fully saturated rings. The van der Waals surface area contributed by atoms with Crippen molar-refractivity contribution in [2.24, 2.45) is 16.3 Å². The number of hydrogen-bond donors (Lipinski definition) is 3. The second kappa shape index (κ2) is 5.48. The molecule has 1 aromatic rings. The highest BCUT2D eigenvalue weighted by atomic mass is 16.5. The van der Waals surface area contributed by atoms with Gasteiger partial charge in [0.15, 0.2) is 5.84 Å². The molecule has 5 nitrogen and oxygen atoms in total. The Kier molecular flexibility index (Phi) is 3.95. The van der Waals surface area contributed by atoms with Gasteiger partial charge < -0.3 is 21.0 Å². The van der Waals surface area contributed by atoms with Crippen molar-refractivity contribution >= 4 is 5.84 Å². The molecule has 0 spiro atoms. The number of nitrogens with two attached hydrogens (primary N) is 1. The molecule has 0 saturated heterocycles. The molecule has 2 rings (SSSR count). The maximum Gasteiger partial charge on any atom is 0.170 e. The smallest absolute Gasteiger partial charge is 0.170 e. The van der Waals surface area contributed by atoms with Gasteiger partial charge in [0.1, 0.15) is 5.75 Å². The van der Waals surface area contributed by atoms with Gasteiger partial charge in [-0.05, 0) is 36.5 Å². The summed E-state index contributed by atoms with van der Waals surface area (Å²) in [6.07, 6.45) is 2.59. The molecule has 0 heterocycles. The number of amidine groups is 1. The standard InChI is InChI=1S/C14H21N3O2/c1-14(5-6-14)9-16-8-11-7-10(13(15)17-18)3-4-12(11)19-2/h3-4,7,16,18H,5-6,8-9H2,1-2H3,(H2,15,17). The highest BCUT2D eigenvalue weighted by Gasteiger charge is 2.36. The first kappa shape index (κ1) is 13.7. The van der Waals surface area contributed by atoms with Crippen LogP contribution in [0.4, 0.5) is 0 Å². The van der Waals surface area contributed by atoms with Crippen LogP contribution in [0.5, 0.6) is 5.75 Å². The zero-order chi connectivity index (χ0) is 13.9. The maximum atomic E-state index is 8.71. The van der Waals surface area contributed by atoms with Crippen molar-refractivity contribution in [3.05, 3.63) is 29.3 Å². The average Bonchev–Trinajstić information content (AvgIpc) is 3.15. The van der Waals surface area contributed by atoms with Crippen LogP contribution in [0, 0.1) is 5.41 Å². The Hall–Kier alpha value is -1.75. The van der Waals surface area contributed by atoms with Gasteiger partial charge in [0.2, 0.25) is 0 Å². The molecular weight excluding hydrogens is 242 g/mol. The van der Waals surface area contributed by atoms with Crippen molar-refractivity contribution in [3.63, 3.8) is 0 Å². The van der Waals surface area contributed by atoms with Crippen LogP contribution in [0.2, 0.25) is 0 Å². The number of nitrogens with zero attached hydrogens (tertiary/aromatic N) is 1. The molecule has 0 aromatic heterocycles. The number of oxime groups is 1. The van der Waals surface area contributed by atoms with Gasteiger partial charge in [-0.1, -0.05) is 12.1 Å². The normalized spacial score (nSPS) is 17.3. The van der Waals surface area contributed by atoms with Crippen LogP contribution in [0.15, 0.2) is 23.4 Å². The summed E-state index contributed by atoms with van der Waals surface area (Å²) in [6, 6.07) is 5.50. The monoisotopic (exact) mass is 263 g/mol. The zero-order valence-corrected chi connectivity index (χ0v) is 11.4. The van der Waals surface area contributed by atoms with Gasteiger partial charge in [-0.15, -0.1) is 0 Å². The number of ether oxygens (including phenoxy) is 1. The molecule has 1 aliphatic rings. The third-order valence-corrected chi connectivity index (χ3v) is 3.65. The predicted octanol–water partition coefficient (Wildman–Crippen LogP) is 1.68. The average molecular weight is 263 g/mol. The van der Waals surface area contributed by atoms with Crippen molar-refractivity contribution in [1.29, 1.82) is 0 Å². The Morgan fingerprint density at radius 2 is 2.26 bits per heavy atom. The number of nitrogens with one attached hydrogen (secondary N) is 1. The van der Waals surface area contributed by atoms with E-state index < -0.39 is 0 Å². The first-order valence-corrected chi connectivity index (χ1v) is 6.43. The molecule has 1 aromatic carbocycles. The van der Waals surface area contributed by atoms with E-state index in [0.29, 0.717) is 17.5 Å². The van der Waals surface area contributed by atoms with Gasteiger partial charge in [-0.25, -0.2) is 0 Å². The minimum atomic E-state index is 0.109. The van der Waals surface area contributed by atoms with E-state index in [-0.39, 0.29) is 5.84 Å². The van der Waals surface area contributed by atoms with E-state index in [9.17, 15) is 0 Å². The largest absolute Gasteiger partial charge is 0.496 e. The SMILES string of the molecule is COc1ccc(/C(N)=N/O)cc1CNCC1(C)CC1. The topological polar surface area (TPSA) is 79.9 Å². The zero-order valence-electron chi connectivity index (χ0n) is 11.4. The Morgan fingerprint density at radius 3 is 2.84 bits per heavy atom. The van der Waals surface area contributed by atoms with E-state index in [1.807, 2.05) is 12.1 Å². The van der Waals surface area contributed by atoms with Crippen LogP contribution < -0.4 is 15.8 Å². The van der Waals surface area contributed by atoms with E-state index in [4.69, 9.17) is 15.7 Å². The molecule has 0 amide bonds. The summed E-state index contributed by atoms with van der Waals surface area (Å²) >= 11 is 0. The molecule has 0 aliphatic heterocycles. The molecule has 4 N–H and O–H groups in total. The summed E-state index contributed by atoms with van der Waals surface area (Å²) in [4.78, 5) is 0. The maximum absolute atomic E-state index is 8.71. The fourth-order valence-corrected chi connectivity index (χ4v) is 2.02. The molecule has 0 atom stereocenters. The van der Waals surface area contributed by atoms with E-state index >= 15 is 0 Å². The molecule has 0 unspecified atom stereocenters. The number of benzene rings is 1. The van der Waals surface area contributed by atoms with Crippen molar-refractivity contribution in [2.45, 2.75) is 26.3 Å². The van der Waals surface area contributed by atoms with E-state index in [2.05, 4.69) is 17.4 Å². The second-order valence-electron chi connectivity index (χ2n) is 5.43. The highest BCUT2D eigenvalue weighted by Crippen LogP contribution is 2.44. The van der Waals surface area contributed by atoms with Gasteiger partial charge in [0, 0.05) is 24.2 Å². The highest BCUT2D eigenvalue weighted by molar-refractivity contribution is 5.97. The number of hydrogen-bond acceptors (Lipinski definition) is 4. The van der Waals surface area contributed by atoms with Gasteiger partial charge in [0.25, 0.3) is 0 Å². The summed E-state index contributed by atoms with van der Waals surface area (Å²) in [7, 11) is 1.64. The molecule has 1 aliphatic carbocycles. The van der Waals surface area contributed by atoms with Crippen molar-refractivity contribution in [2.75, 3.05) is 13.7 Å². The summed E-state index contributed by atoms with van der Waals surface area (Å²) in [6.45, 7) is 4.00. The Balaban J connectivity index is 2.07. The lowest BCUT2D eigenvalue weighted by molar-refractivity contribution is 0.318. The van der Waals surface area contributed by atoms with Gasteiger partial charge >= 0.3 is 0 Å². The number of rotatable bonds is 6.